The molecular formula is C13H26N2O12. The zero-order valence-electron chi connectivity index (χ0n) is 14.1. The molecule has 27 heavy (non-hydrogen) atoms. The average Bonchev–Trinajstić information content (AvgIpc) is 2.61. The van der Waals surface area contributed by atoms with Gasteiger partial charge in [-0.15, -0.1) is 0 Å². The van der Waals surface area contributed by atoms with E-state index in [-0.39, 0.29) is 0 Å². The predicted molar refractivity (Wildman–Crippen MR) is 82.4 cm³/mol. The number of amides is 2. The Hall–Kier alpha value is -1.17. The summed E-state index contributed by atoms with van der Waals surface area (Å²) in [7, 11) is 0. The Kier molecular flexibility index (Phi) is 9.19. The number of hydrogen-bond donors (Lipinski definition) is 10. The molecule has 0 aromatic heterocycles. The molecular weight excluding hydrogens is 376 g/mol. The predicted octanol–water partition coefficient (Wildman–Crippen LogP) is -6.37. The summed E-state index contributed by atoms with van der Waals surface area (Å²) in [6, 6.07) is -0.833. The van der Waals surface area contributed by atoms with Crippen molar-refractivity contribution in [1.82, 2.24) is 0 Å². The van der Waals surface area contributed by atoms with Gasteiger partial charge in [0.1, 0.15) is 48.8 Å². The summed E-state index contributed by atoms with van der Waals surface area (Å²) in [5.41, 5.74) is 8.50. The first-order valence-corrected chi connectivity index (χ1v) is 7.86. The van der Waals surface area contributed by atoms with Crippen LogP contribution < -0.4 is 11.5 Å². The van der Waals surface area contributed by atoms with Crippen LogP contribution >= 0.6 is 0 Å². The number of carbonyl (C=O) groups is 1. The maximum Gasteiger partial charge on any atom is 0.309 e. The van der Waals surface area contributed by atoms with Crippen molar-refractivity contribution in [2.45, 2.75) is 61.4 Å². The molecule has 0 radical (unpaired) electrons. The lowest BCUT2D eigenvalue weighted by Crippen LogP contribution is -2.64. The molecule has 1 unspecified atom stereocenters. The average molecular weight is 402 g/mol. The minimum Gasteiger partial charge on any atom is -0.394 e. The molecule has 0 aromatic carbocycles. The van der Waals surface area contributed by atoms with Gasteiger partial charge >= 0.3 is 6.03 Å². The van der Waals surface area contributed by atoms with Crippen LogP contribution in [0, 0.1) is 0 Å². The number of aliphatic hydroxyl groups excluding tert-OH is 8. The van der Waals surface area contributed by atoms with Crippen molar-refractivity contribution in [2.75, 3.05) is 13.2 Å². The monoisotopic (exact) mass is 402 g/mol. The highest BCUT2D eigenvalue weighted by atomic mass is 16.7. The van der Waals surface area contributed by atoms with Crippen LogP contribution in [0.15, 0.2) is 0 Å². The van der Waals surface area contributed by atoms with Crippen molar-refractivity contribution in [3.05, 3.63) is 0 Å². The van der Waals surface area contributed by atoms with Crippen molar-refractivity contribution in [1.29, 1.82) is 0 Å². The van der Waals surface area contributed by atoms with Crippen molar-refractivity contribution in [3.63, 3.8) is 0 Å². The Bertz CT molecular complexity index is 463. The van der Waals surface area contributed by atoms with E-state index in [1.807, 2.05) is 0 Å². The first-order chi connectivity index (χ1) is 12.5. The van der Waals surface area contributed by atoms with Gasteiger partial charge in [-0.05, 0) is 0 Å². The van der Waals surface area contributed by atoms with Crippen molar-refractivity contribution in [3.8, 4) is 0 Å². The van der Waals surface area contributed by atoms with Crippen LogP contribution in [0.3, 0.4) is 0 Å². The highest BCUT2D eigenvalue weighted by Gasteiger charge is 2.50. The molecule has 0 aliphatic carbocycles. The number of urea groups is 1. The molecule has 0 bridgehead atoms. The zero-order chi connectivity index (χ0) is 20.9. The number of ether oxygens (including phenoxy) is 3. The summed E-state index contributed by atoms with van der Waals surface area (Å²) in [6.45, 7) is -1.35. The number of primary amides is 2. The molecule has 0 spiro atoms. The molecule has 2 rings (SSSR count). The van der Waals surface area contributed by atoms with Gasteiger partial charge in [0.15, 0.2) is 12.6 Å². The SMILES string of the molecule is NC(N)=O.OC[C@H]1O[C@@H](O[C@H]2[C@H](O)[C@@H](O)C(O)O[C@@H]2CO)[C@H](O)[C@@H](O)[C@H]1O. The van der Waals surface area contributed by atoms with E-state index < -0.39 is 80.7 Å². The Morgan fingerprint density at radius 1 is 0.778 bits per heavy atom. The summed E-state index contributed by atoms with van der Waals surface area (Å²) in [6.07, 6.45) is -15.6. The number of hydrogen-bond acceptors (Lipinski definition) is 12. The summed E-state index contributed by atoms with van der Waals surface area (Å²) >= 11 is 0. The number of nitrogens with two attached hydrogens (primary N) is 2. The van der Waals surface area contributed by atoms with Gasteiger partial charge in [0.2, 0.25) is 0 Å². The van der Waals surface area contributed by atoms with E-state index in [1.54, 1.807) is 0 Å². The topological polar surface area (TPSA) is 259 Å². The molecule has 0 aromatic rings. The maximum absolute atomic E-state index is 9.94. The van der Waals surface area contributed by atoms with Gasteiger partial charge in [-0.25, -0.2) is 4.79 Å². The minimum absolute atomic E-state index is 0.667. The molecule has 160 valence electrons. The fourth-order valence-electron chi connectivity index (χ4n) is 2.57. The molecule has 0 saturated carbocycles. The van der Waals surface area contributed by atoms with Gasteiger partial charge in [0, 0.05) is 0 Å². The summed E-state index contributed by atoms with van der Waals surface area (Å²) in [5, 5.41) is 76.5. The lowest BCUT2D eigenvalue weighted by molar-refractivity contribution is -0.355. The second-order valence-electron chi connectivity index (χ2n) is 5.93. The van der Waals surface area contributed by atoms with Crippen LogP contribution in [-0.4, -0.2) is 122 Å². The van der Waals surface area contributed by atoms with E-state index >= 15 is 0 Å². The Labute approximate surface area is 153 Å². The number of rotatable bonds is 4. The molecule has 12 N–H and O–H groups in total. The third-order valence-corrected chi connectivity index (χ3v) is 3.98. The fourth-order valence-corrected chi connectivity index (χ4v) is 2.57. The van der Waals surface area contributed by atoms with E-state index in [4.69, 9.17) is 24.1 Å². The maximum atomic E-state index is 9.94. The van der Waals surface area contributed by atoms with E-state index in [9.17, 15) is 35.7 Å². The minimum atomic E-state index is -1.74. The molecule has 2 heterocycles. The van der Waals surface area contributed by atoms with Crippen molar-refractivity contribution < 1.29 is 59.9 Å². The van der Waals surface area contributed by atoms with Crippen LogP contribution in [-0.2, 0) is 14.2 Å². The van der Waals surface area contributed by atoms with Crippen molar-refractivity contribution in [2.24, 2.45) is 11.5 Å². The highest BCUT2D eigenvalue weighted by Crippen LogP contribution is 2.28. The smallest absolute Gasteiger partial charge is 0.309 e. The lowest BCUT2D eigenvalue weighted by Gasteiger charge is -2.45. The van der Waals surface area contributed by atoms with Crippen LogP contribution in [0.1, 0.15) is 0 Å². The largest absolute Gasteiger partial charge is 0.394 e. The van der Waals surface area contributed by atoms with Crippen LogP contribution in [0.2, 0.25) is 0 Å². The molecule has 14 nitrogen and oxygen atoms in total. The summed E-state index contributed by atoms with van der Waals surface area (Å²) < 4.78 is 15.3. The van der Waals surface area contributed by atoms with Crippen LogP contribution in [0.25, 0.3) is 0 Å². The zero-order valence-corrected chi connectivity index (χ0v) is 14.1. The van der Waals surface area contributed by atoms with Gasteiger partial charge in [0.05, 0.1) is 13.2 Å². The van der Waals surface area contributed by atoms with Crippen LogP contribution in [0.5, 0.6) is 0 Å². The number of carbonyl (C=O) groups excluding carboxylic acids is 1. The quantitative estimate of drug-likeness (QED) is 0.210. The van der Waals surface area contributed by atoms with Gasteiger partial charge in [-0.2, -0.15) is 0 Å². The van der Waals surface area contributed by atoms with E-state index in [0.29, 0.717) is 0 Å². The van der Waals surface area contributed by atoms with E-state index in [1.165, 1.54) is 0 Å². The number of aliphatic hydroxyl groups is 8. The van der Waals surface area contributed by atoms with Crippen molar-refractivity contribution >= 4 is 6.03 Å². The first-order valence-electron chi connectivity index (χ1n) is 7.86. The highest BCUT2D eigenvalue weighted by molar-refractivity contribution is 5.69. The molecule has 2 amide bonds. The first kappa shape index (κ1) is 23.9. The molecule has 2 saturated heterocycles. The molecule has 10 atom stereocenters. The third-order valence-electron chi connectivity index (χ3n) is 3.98. The fraction of sp³-hybridized carbons (Fsp3) is 0.923. The second kappa shape index (κ2) is 10.4. The second-order valence-corrected chi connectivity index (χ2v) is 5.93. The lowest BCUT2D eigenvalue weighted by atomic mass is 9.97. The van der Waals surface area contributed by atoms with Gasteiger partial charge in [-0.1, -0.05) is 0 Å². The Morgan fingerprint density at radius 3 is 1.78 bits per heavy atom. The molecule has 2 aliphatic rings. The molecule has 2 aliphatic heterocycles. The van der Waals surface area contributed by atoms with Crippen LogP contribution in [0.4, 0.5) is 4.79 Å². The van der Waals surface area contributed by atoms with Gasteiger partial charge in [0.25, 0.3) is 0 Å². The summed E-state index contributed by atoms with van der Waals surface area (Å²) in [4.78, 5) is 9.00. The van der Waals surface area contributed by atoms with E-state index in [2.05, 4.69) is 11.5 Å². The normalized spacial score (nSPS) is 44.9. The van der Waals surface area contributed by atoms with Gasteiger partial charge in [-0.3, -0.25) is 0 Å². The standard InChI is InChI=1S/C12H22O11.CH4N2O/c13-1-3-5(15)6(16)9(19)12(22-3)23-10-4(2-14)21-11(20)8(18)7(10)17;2-1(3)4/h3-20H,1-2H2;(H4,2,3,4)/t3-,4-,5+,6+,7-,8-,9-,10-,11?,12+;/m1./s1. The molecule has 14 heteroatoms. The van der Waals surface area contributed by atoms with E-state index in [0.717, 1.165) is 0 Å². The third kappa shape index (κ3) is 5.90. The Balaban J connectivity index is 0.000000828. The molecule has 2 fully saturated rings. The van der Waals surface area contributed by atoms with Gasteiger partial charge < -0.3 is 66.5 Å². The summed E-state index contributed by atoms with van der Waals surface area (Å²) in [5.74, 6) is 0. The Morgan fingerprint density at radius 2 is 1.30 bits per heavy atom.